The minimum atomic E-state index is -0.986. The van der Waals surface area contributed by atoms with E-state index in [1.54, 1.807) is 34.6 Å². The Balaban J connectivity index is 1.73. The van der Waals surface area contributed by atoms with Gasteiger partial charge >= 0.3 is 5.97 Å². The van der Waals surface area contributed by atoms with Crippen molar-refractivity contribution in [3.63, 3.8) is 0 Å². The Morgan fingerprint density at radius 3 is 2.24 bits per heavy atom. The quantitative estimate of drug-likeness (QED) is 0.703. The van der Waals surface area contributed by atoms with Gasteiger partial charge in [0.05, 0.1) is 6.61 Å². The summed E-state index contributed by atoms with van der Waals surface area (Å²) >= 11 is 0. The minimum absolute atomic E-state index is 0.245. The van der Waals surface area contributed by atoms with Crippen LogP contribution in [0.1, 0.15) is 34.6 Å². The maximum atomic E-state index is 12.5. The average molecular weight is 359 g/mol. The van der Waals surface area contributed by atoms with E-state index < -0.39 is 54.2 Å². The van der Waals surface area contributed by atoms with Crippen LogP contribution in [0.5, 0.6) is 0 Å². The molecule has 0 saturated carbocycles. The highest BCUT2D eigenvalue weighted by Crippen LogP contribution is 2.44. The lowest BCUT2D eigenvalue weighted by Crippen LogP contribution is -2.59. The van der Waals surface area contributed by atoms with Crippen molar-refractivity contribution in [1.29, 1.82) is 0 Å². The van der Waals surface area contributed by atoms with Gasteiger partial charge in [-0.3, -0.25) is 9.59 Å². The molecule has 3 saturated heterocycles. The van der Waals surface area contributed by atoms with Gasteiger partial charge in [0.2, 0.25) is 0 Å². The topological polar surface area (TPSA) is 102 Å². The molecule has 142 valence electrons. The third-order valence-electron chi connectivity index (χ3n) is 4.13. The molecule has 3 rings (SSSR count). The summed E-state index contributed by atoms with van der Waals surface area (Å²) in [5, 5.41) is 2.51. The Hall–Kier alpha value is -1.26. The predicted molar refractivity (Wildman–Crippen MR) is 82.2 cm³/mol. The van der Waals surface area contributed by atoms with Crippen molar-refractivity contribution >= 4 is 11.9 Å². The summed E-state index contributed by atoms with van der Waals surface area (Å²) < 4.78 is 34.0. The summed E-state index contributed by atoms with van der Waals surface area (Å²) in [5.41, 5.74) is 0. The Kier molecular flexibility index (Phi) is 4.80. The molecular formula is C16H25NO8. The van der Waals surface area contributed by atoms with Gasteiger partial charge in [0.25, 0.3) is 5.91 Å². The van der Waals surface area contributed by atoms with E-state index in [1.807, 2.05) is 0 Å². The molecule has 5 atom stereocenters. The molecule has 0 radical (unpaired) electrons. The van der Waals surface area contributed by atoms with Crippen molar-refractivity contribution in [2.75, 3.05) is 13.2 Å². The van der Waals surface area contributed by atoms with E-state index in [2.05, 4.69) is 5.32 Å². The molecule has 0 aliphatic carbocycles. The Morgan fingerprint density at radius 1 is 0.960 bits per heavy atom. The first-order valence-electron chi connectivity index (χ1n) is 8.42. The maximum Gasteiger partial charge on any atom is 0.325 e. The fourth-order valence-electron chi connectivity index (χ4n) is 3.30. The van der Waals surface area contributed by atoms with Crippen molar-refractivity contribution in [2.24, 2.45) is 0 Å². The van der Waals surface area contributed by atoms with Crippen LogP contribution in [0.3, 0.4) is 0 Å². The number of fused-ring (bicyclic) bond motifs is 3. The monoisotopic (exact) mass is 359 g/mol. The number of amides is 1. The first-order chi connectivity index (χ1) is 11.6. The summed E-state index contributed by atoms with van der Waals surface area (Å²) in [6, 6.07) is 0. The zero-order chi connectivity index (χ0) is 18.4. The third kappa shape index (κ3) is 3.80. The molecule has 9 nitrogen and oxygen atoms in total. The maximum absolute atomic E-state index is 12.5. The molecule has 0 spiro atoms. The van der Waals surface area contributed by atoms with Gasteiger partial charge in [-0.15, -0.1) is 0 Å². The molecule has 1 N–H and O–H groups in total. The molecule has 3 aliphatic rings. The second kappa shape index (κ2) is 6.48. The number of carbonyl (C=O) groups excluding carboxylic acids is 2. The fraction of sp³-hybridized carbons (Fsp3) is 0.875. The Bertz CT molecular complexity index is 548. The number of carbonyl (C=O) groups is 2. The molecule has 0 bridgehead atoms. The van der Waals surface area contributed by atoms with Gasteiger partial charge in [-0.05, 0) is 34.6 Å². The van der Waals surface area contributed by atoms with Crippen LogP contribution in [0.4, 0.5) is 0 Å². The first kappa shape index (κ1) is 18.5. The zero-order valence-corrected chi connectivity index (χ0v) is 15.1. The number of hydrogen-bond acceptors (Lipinski definition) is 8. The van der Waals surface area contributed by atoms with Crippen molar-refractivity contribution < 1.29 is 38.0 Å². The second-order valence-corrected chi connectivity index (χ2v) is 7.11. The standard InChI is InChI=1S/C16H25NO8/c1-6-20-8(18)7-17-13(19)11-9-10(23-15(2,3)22-9)12-14(21-11)25-16(4,5)24-12/h9-12,14H,6-7H2,1-5H3,(H,17,19)/t9-,10+,11+,12-,14-/m1/s1. The molecule has 0 unspecified atom stereocenters. The van der Waals surface area contributed by atoms with Crippen LogP contribution < -0.4 is 5.32 Å². The van der Waals surface area contributed by atoms with Crippen molar-refractivity contribution in [2.45, 2.75) is 76.9 Å². The normalized spacial score (nSPS) is 37.9. The predicted octanol–water partition coefficient (Wildman–Crippen LogP) is 0.0622. The van der Waals surface area contributed by atoms with Crippen molar-refractivity contribution in [1.82, 2.24) is 5.32 Å². The molecule has 1 amide bonds. The minimum Gasteiger partial charge on any atom is -0.465 e. The van der Waals surface area contributed by atoms with E-state index in [9.17, 15) is 9.59 Å². The number of ether oxygens (including phenoxy) is 6. The smallest absolute Gasteiger partial charge is 0.325 e. The number of hydrogen-bond donors (Lipinski definition) is 1. The fourth-order valence-corrected chi connectivity index (χ4v) is 3.30. The highest BCUT2D eigenvalue weighted by atomic mass is 16.9. The molecule has 3 aliphatic heterocycles. The molecule has 0 aromatic rings. The third-order valence-corrected chi connectivity index (χ3v) is 4.13. The van der Waals surface area contributed by atoms with Gasteiger partial charge in [-0.1, -0.05) is 0 Å². The largest absolute Gasteiger partial charge is 0.465 e. The summed E-state index contributed by atoms with van der Waals surface area (Å²) in [7, 11) is 0. The molecule has 3 fully saturated rings. The van der Waals surface area contributed by atoms with Crippen molar-refractivity contribution in [3.8, 4) is 0 Å². The van der Waals surface area contributed by atoms with Crippen LogP contribution in [0.25, 0.3) is 0 Å². The SMILES string of the molecule is CCOC(=O)CNC(=O)[C@H]1O[C@@H]2OC(C)(C)O[C@@H]2[C@H]2OC(C)(C)O[C@H]21. The highest BCUT2D eigenvalue weighted by molar-refractivity contribution is 5.85. The van der Waals surface area contributed by atoms with Gasteiger partial charge in [0.15, 0.2) is 24.0 Å². The number of nitrogens with one attached hydrogen (secondary N) is 1. The van der Waals surface area contributed by atoms with E-state index in [0.717, 1.165) is 0 Å². The summed E-state index contributed by atoms with van der Waals surface area (Å²) in [6.45, 7) is 8.74. The van der Waals surface area contributed by atoms with Crippen LogP contribution >= 0.6 is 0 Å². The number of rotatable bonds is 4. The van der Waals surface area contributed by atoms with Crippen LogP contribution in [0, 0.1) is 0 Å². The van der Waals surface area contributed by atoms with E-state index in [-0.39, 0.29) is 13.2 Å². The molecule has 0 aromatic carbocycles. The van der Waals surface area contributed by atoms with E-state index >= 15 is 0 Å². The Morgan fingerprint density at radius 2 is 1.56 bits per heavy atom. The Labute approximate surface area is 146 Å². The zero-order valence-electron chi connectivity index (χ0n) is 15.1. The van der Waals surface area contributed by atoms with Gasteiger partial charge in [-0.2, -0.15) is 0 Å². The average Bonchev–Trinajstić information content (AvgIpc) is 2.98. The van der Waals surface area contributed by atoms with Crippen LogP contribution in [0.2, 0.25) is 0 Å². The summed E-state index contributed by atoms with van der Waals surface area (Å²) in [6.07, 6.45) is -3.44. The van der Waals surface area contributed by atoms with Gasteiger partial charge in [-0.25, -0.2) is 0 Å². The van der Waals surface area contributed by atoms with E-state index in [0.29, 0.717) is 0 Å². The molecule has 0 aromatic heterocycles. The van der Waals surface area contributed by atoms with Crippen LogP contribution in [0.15, 0.2) is 0 Å². The lowest BCUT2D eigenvalue weighted by molar-refractivity contribution is -0.231. The summed E-state index contributed by atoms with van der Waals surface area (Å²) in [5.74, 6) is -2.75. The lowest BCUT2D eigenvalue weighted by Gasteiger charge is -2.36. The van der Waals surface area contributed by atoms with E-state index in [4.69, 9.17) is 28.4 Å². The number of esters is 1. The molecule has 25 heavy (non-hydrogen) atoms. The molecule has 3 heterocycles. The van der Waals surface area contributed by atoms with Crippen molar-refractivity contribution in [3.05, 3.63) is 0 Å². The second-order valence-electron chi connectivity index (χ2n) is 7.11. The first-order valence-corrected chi connectivity index (χ1v) is 8.42. The molecular weight excluding hydrogens is 334 g/mol. The van der Waals surface area contributed by atoms with E-state index in [1.165, 1.54) is 0 Å². The summed E-state index contributed by atoms with van der Waals surface area (Å²) in [4.78, 5) is 24.0. The van der Waals surface area contributed by atoms with Gasteiger partial charge in [0.1, 0.15) is 24.9 Å². The van der Waals surface area contributed by atoms with Crippen LogP contribution in [-0.2, 0) is 38.0 Å². The lowest BCUT2D eigenvalue weighted by atomic mass is 9.98. The van der Waals surface area contributed by atoms with Gasteiger partial charge < -0.3 is 33.7 Å². The van der Waals surface area contributed by atoms with Gasteiger partial charge in [0, 0.05) is 0 Å². The highest BCUT2D eigenvalue weighted by Gasteiger charge is 2.62. The van der Waals surface area contributed by atoms with Crippen LogP contribution in [-0.4, -0.2) is 67.3 Å². The molecule has 9 heteroatoms.